The predicted molar refractivity (Wildman–Crippen MR) is 107 cm³/mol. The Hall–Kier alpha value is -2.10. The van der Waals surface area contributed by atoms with E-state index in [9.17, 15) is 0 Å². The third-order valence-corrected chi connectivity index (χ3v) is 3.85. The van der Waals surface area contributed by atoms with E-state index in [2.05, 4.69) is 66.8 Å². The molecule has 0 spiro atoms. The van der Waals surface area contributed by atoms with Gasteiger partial charge < -0.3 is 18.9 Å². The summed E-state index contributed by atoms with van der Waals surface area (Å²) in [6, 6.07) is 4.19. The quantitative estimate of drug-likeness (QED) is 0.415. The third kappa shape index (κ3) is 6.66. The van der Waals surface area contributed by atoms with Crippen LogP contribution in [0.1, 0.15) is 52.7 Å². The molecule has 0 N–H and O–H groups in total. The molecular weight excluding hydrogens is 328 g/mol. The lowest BCUT2D eigenvalue weighted by atomic mass is 9.81. The van der Waals surface area contributed by atoms with Crippen LogP contribution in [0.15, 0.2) is 37.8 Å². The highest BCUT2D eigenvalue weighted by atomic mass is 16.5. The Morgan fingerprint density at radius 2 is 1.04 bits per heavy atom. The topological polar surface area (TPSA) is 36.9 Å². The molecule has 0 fully saturated rings. The van der Waals surface area contributed by atoms with Crippen molar-refractivity contribution < 1.29 is 18.9 Å². The zero-order valence-corrected chi connectivity index (χ0v) is 17.2. The van der Waals surface area contributed by atoms with Crippen LogP contribution in [0.4, 0.5) is 0 Å². The van der Waals surface area contributed by atoms with Crippen LogP contribution in [-0.4, -0.2) is 26.4 Å². The van der Waals surface area contributed by atoms with Crippen molar-refractivity contribution in [3.05, 3.63) is 48.9 Å². The van der Waals surface area contributed by atoms with E-state index in [-0.39, 0.29) is 10.8 Å². The van der Waals surface area contributed by atoms with E-state index in [4.69, 9.17) is 18.9 Å². The molecule has 1 aromatic carbocycles. The second-order valence-electron chi connectivity index (χ2n) is 8.12. The van der Waals surface area contributed by atoms with E-state index in [1.165, 1.54) is 12.5 Å². The van der Waals surface area contributed by atoms with Gasteiger partial charge in [0.15, 0.2) is 0 Å². The van der Waals surface area contributed by atoms with Crippen molar-refractivity contribution in [1.29, 1.82) is 0 Å². The second-order valence-corrected chi connectivity index (χ2v) is 8.12. The number of hydrogen-bond acceptors (Lipinski definition) is 4. The number of hydrogen-bond donors (Lipinski definition) is 0. The second kappa shape index (κ2) is 9.56. The molecule has 0 aliphatic carbocycles. The monoisotopic (exact) mass is 362 g/mol. The van der Waals surface area contributed by atoms with Crippen LogP contribution in [0.25, 0.3) is 0 Å². The van der Waals surface area contributed by atoms with Crippen LogP contribution in [0.5, 0.6) is 11.5 Å². The molecule has 4 nitrogen and oxygen atoms in total. The van der Waals surface area contributed by atoms with Gasteiger partial charge in [-0.1, -0.05) is 54.7 Å². The molecule has 0 bridgehead atoms. The van der Waals surface area contributed by atoms with Gasteiger partial charge in [0.05, 0.1) is 12.5 Å². The maximum absolute atomic E-state index is 6.03. The van der Waals surface area contributed by atoms with Gasteiger partial charge in [-0.05, 0) is 23.0 Å². The van der Waals surface area contributed by atoms with Crippen LogP contribution in [0.3, 0.4) is 0 Å². The van der Waals surface area contributed by atoms with Crippen molar-refractivity contribution in [2.45, 2.75) is 52.4 Å². The van der Waals surface area contributed by atoms with Crippen molar-refractivity contribution in [2.75, 3.05) is 26.4 Å². The fourth-order valence-electron chi connectivity index (χ4n) is 2.54. The van der Waals surface area contributed by atoms with Crippen LogP contribution < -0.4 is 9.47 Å². The summed E-state index contributed by atoms with van der Waals surface area (Å²) in [7, 11) is 0. The molecule has 0 unspecified atom stereocenters. The highest BCUT2D eigenvalue weighted by Gasteiger charge is 2.26. The van der Waals surface area contributed by atoms with E-state index in [1.54, 1.807) is 0 Å². The summed E-state index contributed by atoms with van der Waals surface area (Å²) in [6.45, 7) is 21.9. The average molecular weight is 363 g/mol. The largest absolute Gasteiger partial charge is 0.498 e. The molecule has 0 aliphatic rings. The summed E-state index contributed by atoms with van der Waals surface area (Å²) in [6.07, 6.45) is 2.85. The van der Waals surface area contributed by atoms with Crippen LogP contribution in [0.2, 0.25) is 0 Å². The zero-order chi connectivity index (χ0) is 19.8. The van der Waals surface area contributed by atoms with Gasteiger partial charge in [-0.25, -0.2) is 0 Å². The first kappa shape index (κ1) is 21.9. The van der Waals surface area contributed by atoms with Gasteiger partial charge in [-0.3, -0.25) is 0 Å². The van der Waals surface area contributed by atoms with Crippen LogP contribution in [-0.2, 0) is 20.3 Å². The Morgan fingerprint density at radius 1 is 0.692 bits per heavy atom. The molecule has 1 rings (SSSR count). The number of rotatable bonds is 10. The summed E-state index contributed by atoms with van der Waals surface area (Å²) in [4.78, 5) is 0. The Kier molecular flexibility index (Phi) is 8.07. The lowest BCUT2D eigenvalue weighted by Gasteiger charge is -2.29. The molecule has 0 atom stereocenters. The molecule has 0 radical (unpaired) electrons. The Labute approximate surface area is 158 Å². The lowest BCUT2D eigenvalue weighted by Crippen LogP contribution is -2.20. The van der Waals surface area contributed by atoms with E-state index in [1.807, 2.05) is 0 Å². The highest BCUT2D eigenvalue weighted by Crippen LogP contribution is 2.41. The van der Waals surface area contributed by atoms with Gasteiger partial charge in [0, 0.05) is 11.1 Å². The first-order valence-corrected chi connectivity index (χ1v) is 9.01. The average Bonchev–Trinajstić information content (AvgIpc) is 2.54. The minimum atomic E-state index is -0.0826. The first-order valence-electron chi connectivity index (χ1n) is 9.01. The van der Waals surface area contributed by atoms with Gasteiger partial charge in [0.1, 0.15) is 37.9 Å². The fourth-order valence-corrected chi connectivity index (χ4v) is 2.54. The minimum Gasteiger partial charge on any atom is -0.498 e. The molecule has 0 heterocycles. The van der Waals surface area contributed by atoms with E-state index < -0.39 is 0 Å². The zero-order valence-electron chi connectivity index (χ0n) is 17.2. The summed E-state index contributed by atoms with van der Waals surface area (Å²) in [5, 5.41) is 0. The van der Waals surface area contributed by atoms with Crippen molar-refractivity contribution in [3.63, 3.8) is 0 Å². The van der Waals surface area contributed by atoms with Gasteiger partial charge in [0.2, 0.25) is 0 Å². The first-order chi connectivity index (χ1) is 12.1. The lowest BCUT2D eigenvalue weighted by molar-refractivity contribution is 0.174. The summed E-state index contributed by atoms with van der Waals surface area (Å²) < 4.78 is 22.4. The Balaban J connectivity index is 3.22. The van der Waals surface area contributed by atoms with Crippen LogP contribution >= 0.6 is 0 Å². The summed E-state index contributed by atoms with van der Waals surface area (Å²) in [5.74, 6) is 1.73. The van der Waals surface area contributed by atoms with Crippen molar-refractivity contribution in [2.24, 2.45) is 0 Å². The molecule has 146 valence electrons. The minimum absolute atomic E-state index is 0.0826. The predicted octanol–water partition coefficient (Wildman–Crippen LogP) is 5.36. The molecular formula is C22H34O4. The smallest absolute Gasteiger partial charge is 0.123 e. The van der Waals surface area contributed by atoms with Crippen molar-refractivity contribution in [3.8, 4) is 11.5 Å². The maximum atomic E-state index is 6.03. The highest BCUT2D eigenvalue weighted by molar-refractivity contribution is 5.51. The molecule has 4 heteroatoms. The fraction of sp³-hybridized carbons (Fsp3) is 0.545. The van der Waals surface area contributed by atoms with Gasteiger partial charge in [0.25, 0.3) is 0 Å². The summed E-state index contributed by atoms with van der Waals surface area (Å²) in [5.41, 5.74) is 2.04. The van der Waals surface area contributed by atoms with Crippen LogP contribution in [0, 0.1) is 0 Å². The normalized spacial score (nSPS) is 11.6. The van der Waals surface area contributed by atoms with Gasteiger partial charge in [-0.2, -0.15) is 0 Å². The third-order valence-electron chi connectivity index (χ3n) is 3.85. The Bertz CT molecular complexity index is 538. The van der Waals surface area contributed by atoms with E-state index in [0.29, 0.717) is 26.4 Å². The molecule has 1 aromatic rings. The summed E-state index contributed by atoms with van der Waals surface area (Å²) >= 11 is 0. The van der Waals surface area contributed by atoms with Crippen molar-refractivity contribution in [1.82, 2.24) is 0 Å². The number of benzene rings is 1. The molecule has 0 saturated carbocycles. The molecule has 26 heavy (non-hydrogen) atoms. The SMILES string of the molecule is C=COCCOc1cc(C(C)(C)C)c(OCCOC=C)cc1C(C)(C)C. The maximum Gasteiger partial charge on any atom is 0.123 e. The van der Waals surface area contributed by atoms with Gasteiger partial charge >= 0.3 is 0 Å². The molecule has 0 saturated heterocycles. The van der Waals surface area contributed by atoms with Crippen molar-refractivity contribution >= 4 is 0 Å². The Morgan fingerprint density at radius 3 is 1.31 bits per heavy atom. The van der Waals surface area contributed by atoms with E-state index >= 15 is 0 Å². The number of ether oxygens (including phenoxy) is 4. The van der Waals surface area contributed by atoms with E-state index in [0.717, 1.165) is 22.6 Å². The molecule has 0 aromatic heterocycles. The van der Waals surface area contributed by atoms with Gasteiger partial charge in [-0.15, -0.1) is 0 Å². The molecule has 0 amide bonds. The molecule has 0 aliphatic heterocycles. The standard InChI is InChI=1S/C22H34O4/c1-9-23-11-13-25-19-15-18(22(6,7)8)20(26-14-12-24-10-2)16-17(19)21(3,4)5/h9-10,15-16H,1-2,11-14H2,3-8H3.